The Labute approximate surface area is 54.4 Å². The lowest BCUT2D eigenvalue weighted by molar-refractivity contribution is 0.194. The minimum atomic E-state index is -0.518. The van der Waals surface area contributed by atoms with Gasteiger partial charge in [0.05, 0.1) is 0 Å². The third-order valence-corrected chi connectivity index (χ3v) is 0.597. The van der Waals surface area contributed by atoms with Gasteiger partial charge in [0.2, 0.25) is 0 Å². The molecule has 0 aliphatic carbocycles. The first-order chi connectivity index (χ1) is 4.31. The van der Waals surface area contributed by atoms with Crippen molar-refractivity contribution in [1.82, 2.24) is 5.32 Å². The maximum atomic E-state index is 10.3. The van der Waals surface area contributed by atoms with E-state index in [-0.39, 0.29) is 0 Å². The maximum absolute atomic E-state index is 10.3. The number of nitrogens with one attached hydrogen (secondary N) is 1. The van der Waals surface area contributed by atoms with Gasteiger partial charge < -0.3 is 10.1 Å². The number of alkyl carbamates (subject to hydrolysis) is 1. The minimum absolute atomic E-state index is 0.518. The van der Waals surface area contributed by atoms with Gasteiger partial charge in [-0.05, 0) is 0 Å². The molecular weight excluding hydrogens is 118 g/mol. The number of hydrogen-bond donors (Lipinski definition) is 1. The first-order valence-electron chi connectivity index (χ1n) is 2.67. The van der Waals surface area contributed by atoms with Crippen LogP contribution < -0.4 is 5.32 Å². The highest BCUT2D eigenvalue weighted by atomic mass is 16.5. The van der Waals surface area contributed by atoms with Gasteiger partial charge in [0, 0.05) is 13.5 Å². The Balaban J connectivity index is 3.37. The fourth-order valence-corrected chi connectivity index (χ4v) is 0.206. The van der Waals surface area contributed by atoms with Gasteiger partial charge in [-0.3, -0.25) is 0 Å². The number of rotatable bonds is 0. The molecule has 0 heterocycles. The molecule has 9 heavy (non-hydrogen) atoms. The third kappa shape index (κ3) is 4.69. The molecule has 0 atom stereocenters. The predicted molar refractivity (Wildman–Crippen MR) is 33.6 cm³/mol. The van der Waals surface area contributed by atoms with Gasteiger partial charge in [-0.2, -0.15) is 0 Å². The van der Waals surface area contributed by atoms with E-state index >= 15 is 0 Å². The topological polar surface area (TPSA) is 38.3 Å². The molecule has 0 aromatic heterocycles. The van der Waals surface area contributed by atoms with Crippen molar-refractivity contribution in [3.8, 4) is 12.0 Å². The summed E-state index contributed by atoms with van der Waals surface area (Å²) in [5.74, 6) is 2.58. The van der Waals surface area contributed by atoms with E-state index in [1.54, 1.807) is 0 Å². The molecule has 0 aliphatic heterocycles. The first-order valence-corrected chi connectivity index (χ1v) is 2.67. The largest absolute Gasteiger partial charge is 0.420 e. The molecule has 0 saturated heterocycles. The first kappa shape index (κ1) is 7.83. The molecule has 0 aromatic carbocycles. The summed E-state index contributed by atoms with van der Waals surface area (Å²) in [6.45, 7) is 1.88. The van der Waals surface area contributed by atoms with Crippen LogP contribution in [0.5, 0.6) is 0 Å². The second-order valence-corrected chi connectivity index (χ2v) is 1.27. The highest BCUT2D eigenvalue weighted by Crippen LogP contribution is 1.72. The van der Waals surface area contributed by atoms with Crippen molar-refractivity contribution >= 4 is 6.09 Å². The van der Waals surface area contributed by atoms with Crippen molar-refractivity contribution in [1.29, 1.82) is 0 Å². The summed E-state index contributed by atoms with van der Waals surface area (Å²) in [5.41, 5.74) is 0. The van der Waals surface area contributed by atoms with E-state index in [0.29, 0.717) is 6.42 Å². The summed E-state index contributed by atoms with van der Waals surface area (Å²) >= 11 is 0. The van der Waals surface area contributed by atoms with Crippen LogP contribution in [0.15, 0.2) is 0 Å². The molecule has 3 nitrogen and oxygen atoms in total. The van der Waals surface area contributed by atoms with Crippen molar-refractivity contribution in [2.45, 2.75) is 13.3 Å². The number of amides is 1. The van der Waals surface area contributed by atoms with Crippen LogP contribution in [0, 0.1) is 12.0 Å². The Kier molecular flexibility index (Phi) is 4.33. The third-order valence-electron chi connectivity index (χ3n) is 0.597. The molecule has 0 radical (unpaired) electrons. The number of hydrogen-bond acceptors (Lipinski definition) is 2. The highest BCUT2D eigenvalue weighted by molar-refractivity contribution is 5.67. The van der Waals surface area contributed by atoms with Gasteiger partial charge in [0.25, 0.3) is 0 Å². The molecule has 0 unspecified atom stereocenters. The molecule has 0 aromatic rings. The zero-order valence-electron chi connectivity index (χ0n) is 5.52. The van der Waals surface area contributed by atoms with Crippen LogP contribution in [0.3, 0.4) is 0 Å². The van der Waals surface area contributed by atoms with E-state index < -0.39 is 6.09 Å². The number of carbonyl (C=O) groups is 1. The zero-order chi connectivity index (χ0) is 7.11. The normalized spacial score (nSPS) is 6.89. The Morgan fingerprint density at radius 1 is 1.78 bits per heavy atom. The molecule has 1 amide bonds. The van der Waals surface area contributed by atoms with Crippen molar-refractivity contribution < 1.29 is 9.53 Å². The molecule has 0 rings (SSSR count). The van der Waals surface area contributed by atoms with Crippen molar-refractivity contribution in [2.75, 3.05) is 7.05 Å². The minimum Gasteiger partial charge on any atom is -0.356 e. The van der Waals surface area contributed by atoms with E-state index in [2.05, 4.69) is 22.1 Å². The molecule has 0 fully saturated rings. The zero-order valence-corrected chi connectivity index (χ0v) is 5.52. The Morgan fingerprint density at radius 2 is 2.44 bits per heavy atom. The number of carbonyl (C=O) groups excluding carboxylic acids is 1. The monoisotopic (exact) mass is 127 g/mol. The number of ether oxygens (including phenoxy) is 1. The van der Waals surface area contributed by atoms with Gasteiger partial charge in [0.15, 0.2) is 0 Å². The van der Waals surface area contributed by atoms with E-state index in [9.17, 15) is 4.79 Å². The van der Waals surface area contributed by atoms with Crippen molar-refractivity contribution in [2.24, 2.45) is 0 Å². The summed E-state index contributed by atoms with van der Waals surface area (Å²) in [5, 5.41) is 2.26. The lowest BCUT2D eigenvalue weighted by Crippen LogP contribution is -2.16. The van der Waals surface area contributed by atoms with Crippen LogP contribution >= 0.6 is 0 Å². The van der Waals surface area contributed by atoms with Crippen LogP contribution in [0.4, 0.5) is 4.79 Å². The van der Waals surface area contributed by atoms with Crippen LogP contribution in [-0.2, 0) is 4.74 Å². The fraction of sp³-hybridized carbons (Fsp3) is 0.500. The summed E-state index contributed by atoms with van der Waals surface area (Å²) in [4.78, 5) is 10.3. The second-order valence-electron chi connectivity index (χ2n) is 1.27. The second kappa shape index (κ2) is 4.98. The molecule has 1 N–H and O–H groups in total. The highest BCUT2D eigenvalue weighted by Gasteiger charge is 1.89. The van der Waals surface area contributed by atoms with Crippen LogP contribution in [-0.4, -0.2) is 13.1 Å². The van der Waals surface area contributed by atoms with Gasteiger partial charge in [0.1, 0.15) is 6.11 Å². The summed E-state index contributed by atoms with van der Waals surface area (Å²) in [7, 11) is 1.48. The van der Waals surface area contributed by atoms with Crippen LogP contribution in [0.1, 0.15) is 13.3 Å². The average molecular weight is 127 g/mol. The average Bonchev–Trinajstić information content (AvgIpc) is 1.89. The van der Waals surface area contributed by atoms with Crippen LogP contribution in [0.2, 0.25) is 0 Å². The van der Waals surface area contributed by atoms with E-state index in [1.165, 1.54) is 7.05 Å². The predicted octanol–water partition coefficient (Wildman–Crippen LogP) is 0.713. The standard InChI is InChI=1S/C6H9NO2/c1-3-4-5-9-6(8)7-2/h3H2,1-2H3,(H,7,8). The molecule has 3 heteroatoms. The van der Waals surface area contributed by atoms with Crippen molar-refractivity contribution in [3.05, 3.63) is 0 Å². The van der Waals surface area contributed by atoms with E-state index in [4.69, 9.17) is 0 Å². The van der Waals surface area contributed by atoms with Gasteiger partial charge >= 0.3 is 6.09 Å². The van der Waals surface area contributed by atoms with Gasteiger partial charge in [-0.15, -0.1) is 0 Å². The smallest absolute Gasteiger partial charge is 0.356 e. The lowest BCUT2D eigenvalue weighted by Gasteiger charge is -1.89. The lowest BCUT2D eigenvalue weighted by atomic mass is 10.5. The Morgan fingerprint density at radius 3 is 2.89 bits per heavy atom. The van der Waals surface area contributed by atoms with Gasteiger partial charge in [-0.25, -0.2) is 4.79 Å². The quantitative estimate of drug-likeness (QED) is 0.487. The molecule has 0 spiro atoms. The van der Waals surface area contributed by atoms with Crippen molar-refractivity contribution in [3.63, 3.8) is 0 Å². The molecule has 0 saturated carbocycles. The summed E-state index contributed by atoms with van der Waals surface area (Å²) in [6.07, 6.45) is 2.40. The molecule has 50 valence electrons. The molecule has 0 aliphatic rings. The summed E-state index contributed by atoms with van der Waals surface area (Å²) < 4.78 is 4.32. The maximum Gasteiger partial charge on any atom is 0.420 e. The van der Waals surface area contributed by atoms with E-state index in [1.807, 2.05) is 6.92 Å². The SMILES string of the molecule is CCC#COC(=O)NC. The van der Waals surface area contributed by atoms with E-state index in [0.717, 1.165) is 0 Å². The fourth-order valence-electron chi connectivity index (χ4n) is 0.206. The van der Waals surface area contributed by atoms with Gasteiger partial charge in [-0.1, -0.05) is 12.8 Å². The molecule has 0 bridgehead atoms. The Bertz CT molecular complexity index is 143. The summed E-state index contributed by atoms with van der Waals surface area (Å²) in [6, 6.07) is 0. The van der Waals surface area contributed by atoms with Crippen LogP contribution in [0.25, 0.3) is 0 Å². The molecular formula is C6H9NO2. The Hall–Kier alpha value is -1.17.